The number of hydrogen-bond donors (Lipinski definition) is 0. The number of carbonyl (C=O) groups is 1. The van der Waals surface area contributed by atoms with Crippen LogP contribution in [0.25, 0.3) is 16.7 Å². The van der Waals surface area contributed by atoms with Crippen LogP contribution in [-0.2, 0) is 4.79 Å². The van der Waals surface area contributed by atoms with Crippen LogP contribution in [0, 0.1) is 5.92 Å². The predicted molar refractivity (Wildman–Crippen MR) is 145 cm³/mol. The summed E-state index contributed by atoms with van der Waals surface area (Å²) in [6.07, 6.45) is 12.0. The molecule has 36 heavy (non-hydrogen) atoms. The van der Waals surface area contributed by atoms with E-state index < -0.39 is 0 Å². The Balaban J connectivity index is 1.39. The van der Waals surface area contributed by atoms with E-state index in [4.69, 9.17) is 15.1 Å². The molecule has 1 atom stereocenters. The summed E-state index contributed by atoms with van der Waals surface area (Å²) in [5.41, 5.74) is 1.86. The summed E-state index contributed by atoms with van der Waals surface area (Å²) in [4.78, 5) is 27.6. The standard InChI is InChI=1S/C29H40N6O/c1-3-10-22(2)27-31-28(25-21-30-35(29(25)32-27)24-13-5-4-6-14-24)34-18-9-17-33(19-20-34)26(36)16-15-23-11-7-8-12-23/h4-6,13-14,21-23H,3,7-12,15-20H2,1-2H3. The van der Waals surface area contributed by atoms with Crippen LogP contribution in [0.15, 0.2) is 36.5 Å². The van der Waals surface area contributed by atoms with Crippen LogP contribution in [0.5, 0.6) is 0 Å². The van der Waals surface area contributed by atoms with Gasteiger partial charge in [0.2, 0.25) is 5.91 Å². The number of nitrogens with zero attached hydrogens (tertiary/aromatic N) is 6. The van der Waals surface area contributed by atoms with Crippen LogP contribution in [0.3, 0.4) is 0 Å². The van der Waals surface area contributed by atoms with Crippen molar-refractivity contribution >= 4 is 22.8 Å². The van der Waals surface area contributed by atoms with E-state index in [0.717, 1.165) is 86.1 Å². The minimum Gasteiger partial charge on any atom is -0.354 e. The molecule has 192 valence electrons. The van der Waals surface area contributed by atoms with Crippen molar-refractivity contribution in [3.05, 3.63) is 42.4 Å². The fourth-order valence-electron chi connectivity index (χ4n) is 5.85. The molecule has 2 fully saturated rings. The van der Waals surface area contributed by atoms with E-state index in [1.807, 2.05) is 29.1 Å². The van der Waals surface area contributed by atoms with Gasteiger partial charge in [-0.05, 0) is 37.3 Å². The number of aromatic nitrogens is 4. The van der Waals surface area contributed by atoms with Gasteiger partial charge in [-0.25, -0.2) is 14.6 Å². The maximum absolute atomic E-state index is 13.0. The third-order valence-electron chi connectivity index (χ3n) is 7.98. The average Bonchev–Trinajstić information content (AvgIpc) is 3.52. The van der Waals surface area contributed by atoms with Gasteiger partial charge in [0.1, 0.15) is 11.6 Å². The molecule has 7 nitrogen and oxygen atoms in total. The molecule has 1 aromatic carbocycles. The molecular weight excluding hydrogens is 448 g/mol. The van der Waals surface area contributed by atoms with Crippen molar-refractivity contribution in [1.29, 1.82) is 0 Å². The molecule has 2 aromatic heterocycles. The Morgan fingerprint density at radius 3 is 2.61 bits per heavy atom. The van der Waals surface area contributed by atoms with Crippen LogP contribution in [-0.4, -0.2) is 56.7 Å². The van der Waals surface area contributed by atoms with E-state index >= 15 is 0 Å². The maximum atomic E-state index is 13.0. The second-order valence-corrected chi connectivity index (χ2v) is 10.6. The van der Waals surface area contributed by atoms with Gasteiger partial charge in [-0.15, -0.1) is 0 Å². The Hall–Kier alpha value is -2.96. The van der Waals surface area contributed by atoms with E-state index in [1.54, 1.807) is 0 Å². The minimum absolute atomic E-state index is 0.276. The zero-order valence-electron chi connectivity index (χ0n) is 21.9. The third-order valence-corrected chi connectivity index (χ3v) is 7.98. The van der Waals surface area contributed by atoms with E-state index in [9.17, 15) is 4.79 Å². The lowest BCUT2D eigenvalue weighted by Gasteiger charge is -2.24. The Labute approximate surface area is 214 Å². The van der Waals surface area contributed by atoms with Gasteiger partial charge in [-0.2, -0.15) is 5.10 Å². The minimum atomic E-state index is 0.276. The predicted octanol–water partition coefficient (Wildman–Crippen LogP) is 5.73. The van der Waals surface area contributed by atoms with Gasteiger partial charge in [-0.1, -0.05) is 64.2 Å². The topological polar surface area (TPSA) is 67.2 Å². The van der Waals surface area contributed by atoms with Crippen molar-refractivity contribution in [2.45, 2.75) is 77.6 Å². The quantitative estimate of drug-likeness (QED) is 0.405. The highest BCUT2D eigenvalue weighted by Gasteiger charge is 2.25. The molecule has 1 saturated heterocycles. The monoisotopic (exact) mass is 488 g/mol. The van der Waals surface area contributed by atoms with Crippen LogP contribution < -0.4 is 4.90 Å². The summed E-state index contributed by atoms with van der Waals surface area (Å²) in [6, 6.07) is 10.2. The van der Waals surface area contributed by atoms with Crippen molar-refractivity contribution in [3.8, 4) is 5.69 Å². The molecule has 1 amide bonds. The van der Waals surface area contributed by atoms with Gasteiger partial charge in [-0.3, -0.25) is 4.79 Å². The summed E-state index contributed by atoms with van der Waals surface area (Å²) in [5, 5.41) is 5.70. The molecular formula is C29H40N6O. The summed E-state index contributed by atoms with van der Waals surface area (Å²) in [6.45, 7) is 7.68. The van der Waals surface area contributed by atoms with Gasteiger partial charge >= 0.3 is 0 Å². The normalized spacial score (nSPS) is 18.1. The number of benzene rings is 1. The summed E-state index contributed by atoms with van der Waals surface area (Å²) >= 11 is 0. The van der Waals surface area contributed by atoms with Crippen molar-refractivity contribution < 1.29 is 4.79 Å². The fourth-order valence-corrected chi connectivity index (χ4v) is 5.85. The molecule has 0 radical (unpaired) electrons. The van der Waals surface area contributed by atoms with Crippen LogP contribution >= 0.6 is 0 Å². The lowest BCUT2D eigenvalue weighted by Crippen LogP contribution is -2.35. The summed E-state index contributed by atoms with van der Waals surface area (Å²) in [5.74, 6) is 3.20. The first kappa shape index (κ1) is 24.7. The molecule has 0 spiro atoms. The first-order chi connectivity index (χ1) is 17.6. The van der Waals surface area contributed by atoms with Crippen molar-refractivity contribution in [1.82, 2.24) is 24.6 Å². The molecule has 3 aromatic rings. The number of rotatable bonds is 8. The second kappa shape index (κ2) is 11.4. The SMILES string of the molecule is CCCC(C)c1nc(N2CCCN(C(=O)CCC3CCCC3)CC2)c2cnn(-c3ccccc3)c2n1. The third kappa shape index (κ3) is 5.40. The zero-order chi connectivity index (χ0) is 24.9. The zero-order valence-corrected chi connectivity index (χ0v) is 21.9. The summed E-state index contributed by atoms with van der Waals surface area (Å²) < 4.78 is 1.93. The first-order valence-electron chi connectivity index (χ1n) is 14.0. The Morgan fingerprint density at radius 2 is 1.83 bits per heavy atom. The molecule has 1 aliphatic carbocycles. The van der Waals surface area contributed by atoms with Gasteiger partial charge in [0.15, 0.2) is 5.65 Å². The highest BCUT2D eigenvalue weighted by Crippen LogP contribution is 2.31. The second-order valence-electron chi connectivity index (χ2n) is 10.6. The van der Waals surface area contributed by atoms with Gasteiger partial charge < -0.3 is 9.80 Å². The van der Waals surface area contributed by atoms with E-state index in [0.29, 0.717) is 12.3 Å². The van der Waals surface area contributed by atoms with Crippen molar-refractivity contribution in [2.75, 3.05) is 31.1 Å². The highest BCUT2D eigenvalue weighted by atomic mass is 16.2. The summed E-state index contributed by atoms with van der Waals surface area (Å²) in [7, 11) is 0. The van der Waals surface area contributed by atoms with Crippen molar-refractivity contribution in [2.24, 2.45) is 5.92 Å². The van der Waals surface area contributed by atoms with E-state index in [1.165, 1.54) is 25.7 Å². The number of carbonyl (C=O) groups excluding carboxylic acids is 1. The molecule has 5 rings (SSSR count). The number of anilines is 1. The van der Waals surface area contributed by atoms with E-state index in [-0.39, 0.29) is 5.92 Å². The maximum Gasteiger partial charge on any atom is 0.222 e. The highest BCUT2D eigenvalue weighted by molar-refractivity contribution is 5.88. The number of fused-ring (bicyclic) bond motifs is 1. The van der Waals surface area contributed by atoms with Gasteiger partial charge in [0, 0.05) is 38.5 Å². The van der Waals surface area contributed by atoms with Crippen LogP contribution in [0.2, 0.25) is 0 Å². The average molecular weight is 489 g/mol. The lowest BCUT2D eigenvalue weighted by atomic mass is 10.0. The molecule has 0 N–H and O–H groups in total. The van der Waals surface area contributed by atoms with Gasteiger partial charge in [0.25, 0.3) is 0 Å². The number of hydrogen-bond acceptors (Lipinski definition) is 5. The lowest BCUT2D eigenvalue weighted by molar-refractivity contribution is -0.131. The molecule has 2 aliphatic rings. The molecule has 1 saturated carbocycles. The Morgan fingerprint density at radius 1 is 1.03 bits per heavy atom. The van der Waals surface area contributed by atoms with Crippen molar-refractivity contribution in [3.63, 3.8) is 0 Å². The number of amides is 1. The van der Waals surface area contributed by atoms with E-state index in [2.05, 4.69) is 35.8 Å². The molecule has 7 heteroatoms. The van der Waals surface area contributed by atoms with Gasteiger partial charge in [0.05, 0.1) is 17.3 Å². The Kier molecular flexibility index (Phi) is 7.83. The molecule has 1 aliphatic heterocycles. The molecule has 1 unspecified atom stereocenters. The van der Waals surface area contributed by atoms with Crippen LogP contribution in [0.1, 0.15) is 83.4 Å². The first-order valence-corrected chi connectivity index (χ1v) is 14.0. The van der Waals surface area contributed by atoms with Crippen LogP contribution in [0.4, 0.5) is 5.82 Å². The molecule has 0 bridgehead atoms. The fraction of sp³-hybridized carbons (Fsp3) is 0.586. The smallest absolute Gasteiger partial charge is 0.222 e. The largest absolute Gasteiger partial charge is 0.354 e. The Bertz CT molecular complexity index is 1150. The number of para-hydroxylation sites is 1. The molecule has 3 heterocycles.